The molecule has 2 aliphatic heterocycles. The van der Waals surface area contributed by atoms with Crippen molar-refractivity contribution in [3.05, 3.63) is 66.1 Å². The first-order chi connectivity index (χ1) is 17.0. The number of benzene rings is 2. The van der Waals surface area contributed by atoms with E-state index >= 15 is 0 Å². The number of amides is 2. The van der Waals surface area contributed by atoms with Crippen LogP contribution >= 0.6 is 0 Å². The zero-order valence-electron chi connectivity index (χ0n) is 19.6. The van der Waals surface area contributed by atoms with Crippen molar-refractivity contribution in [2.24, 2.45) is 5.92 Å². The third kappa shape index (κ3) is 5.07. The maximum Gasteiger partial charge on any atom is 0.320 e. The van der Waals surface area contributed by atoms with Gasteiger partial charge in [0, 0.05) is 68.0 Å². The number of carbonyl (C=O) groups excluding carboxylic acids is 1. The number of rotatable bonds is 6. The van der Waals surface area contributed by atoms with Gasteiger partial charge < -0.3 is 26.0 Å². The van der Waals surface area contributed by atoms with Gasteiger partial charge in [-0.25, -0.2) is 14.2 Å². The molecule has 2 saturated heterocycles. The fourth-order valence-electron chi connectivity index (χ4n) is 4.81. The van der Waals surface area contributed by atoms with Crippen molar-refractivity contribution in [1.29, 1.82) is 0 Å². The van der Waals surface area contributed by atoms with Crippen LogP contribution in [0.4, 0.5) is 20.7 Å². The number of urea groups is 1. The number of hydrogen-bond acceptors (Lipinski definition) is 5. The quantitative estimate of drug-likeness (QED) is 0.516. The Morgan fingerprint density at radius 1 is 0.943 bits per heavy atom. The molecule has 1 aromatic heterocycles. The van der Waals surface area contributed by atoms with Crippen LogP contribution in [-0.4, -0.2) is 53.7 Å². The van der Waals surface area contributed by atoms with Gasteiger partial charge in [0.15, 0.2) is 0 Å². The Morgan fingerprint density at radius 3 is 2.43 bits per heavy atom. The maximum absolute atomic E-state index is 14.5. The van der Waals surface area contributed by atoms with Crippen molar-refractivity contribution in [3.63, 3.8) is 0 Å². The lowest BCUT2D eigenvalue weighted by molar-refractivity contribution is 0.0579. The molecule has 0 unspecified atom stereocenters. The van der Waals surface area contributed by atoms with E-state index < -0.39 is 5.82 Å². The normalized spacial score (nSPS) is 16.8. The van der Waals surface area contributed by atoms with Crippen LogP contribution in [0.15, 0.2) is 54.7 Å². The van der Waals surface area contributed by atoms with Crippen LogP contribution in [0.25, 0.3) is 22.3 Å². The van der Waals surface area contributed by atoms with Crippen LogP contribution in [0.3, 0.4) is 0 Å². The van der Waals surface area contributed by atoms with E-state index in [0.29, 0.717) is 29.3 Å². The zero-order chi connectivity index (χ0) is 24.4. The number of anilines is 2. The fourth-order valence-corrected chi connectivity index (χ4v) is 4.81. The Morgan fingerprint density at radius 2 is 1.69 bits per heavy atom. The molecular weight excluding hydrogens is 445 g/mol. The number of carbonyl (C=O) groups is 1. The first-order valence-electron chi connectivity index (χ1n) is 12.0. The predicted molar refractivity (Wildman–Crippen MR) is 135 cm³/mol. The molecule has 0 aliphatic carbocycles. The number of halogens is 1. The molecule has 0 atom stereocenters. The van der Waals surface area contributed by atoms with Crippen molar-refractivity contribution < 1.29 is 13.9 Å². The summed E-state index contributed by atoms with van der Waals surface area (Å²) in [6.45, 7) is 4.49. The number of ether oxygens (including phenoxy) is 1. The van der Waals surface area contributed by atoms with E-state index in [-0.39, 0.29) is 11.8 Å². The largest absolute Gasteiger partial charge is 0.399 e. The van der Waals surface area contributed by atoms with Gasteiger partial charge in [-0.15, -0.1) is 0 Å². The van der Waals surface area contributed by atoms with Crippen LogP contribution in [0, 0.1) is 11.7 Å². The molecule has 2 aromatic carbocycles. The zero-order valence-corrected chi connectivity index (χ0v) is 19.6. The molecule has 3 aromatic rings. The Hall–Kier alpha value is -3.65. The minimum atomic E-state index is -0.438. The van der Waals surface area contributed by atoms with Crippen molar-refractivity contribution in [2.75, 3.05) is 44.3 Å². The van der Waals surface area contributed by atoms with Gasteiger partial charge in [-0.3, -0.25) is 0 Å². The lowest BCUT2D eigenvalue weighted by Gasteiger charge is -2.27. The standard InChI is InChI=1S/C27H30FN5O2/c28-25-14-22(29)5-6-23(25)24-13-21(15-31-26(24)30)20-3-1-18(2-4-20)16-32-9-10-33(27(32)34)17-19-7-11-35-12-8-19/h1-6,13-15,19H,7-12,16-17,29H2,(H2,30,31). The highest BCUT2D eigenvalue weighted by atomic mass is 19.1. The molecule has 8 heteroatoms. The van der Waals surface area contributed by atoms with Crippen LogP contribution in [0.2, 0.25) is 0 Å². The predicted octanol–water partition coefficient (Wildman–Crippen LogP) is 4.38. The Bertz CT molecular complexity index is 1210. The van der Waals surface area contributed by atoms with E-state index in [0.717, 1.165) is 62.4 Å². The van der Waals surface area contributed by atoms with Crippen LogP contribution in [0.5, 0.6) is 0 Å². The average Bonchev–Trinajstić information content (AvgIpc) is 3.20. The van der Waals surface area contributed by atoms with Gasteiger partial charge >= 0.3 is 6.03 Å². The molecule has 2 fully saturated rings. The van der Waals surface area contributed by atoms with Gasteiger partial charge in [0.25, 0.3) is 0 Å². The molecule has 0 saturated carbocycles. The third-order valence-electron chi connectivity index (χ3n) is 6.86. The van der Waals surface area contributed by atoms with Crippen molar-refractivity contribution in [1.82, 2.24) is 14.8 Å². The van der Waals surface area contributed by atoms with E-state index in [1.807, 2.05) is 40.1 Å². The summed E-state index contributed by atoms with van der Waals surface area (Å²) >= 11 is 0. The number of nitrogens with two attached hydrogens (primary N) is 2. The van der Waals surface area contributed by atoms with E-state index in [4.69, 9.17) is 16.2 Å². The van der Waals surface area contributed by atoms with Crippen molar-refractivity contribution in [3.8, 4) is 22.3 Å². The summed E-state index contributed by atoms with van der Waals surface area (Å²) in [6.07, 6.45) is 3.73. The van der Waals surface area contributed by atoms with E-state index in [1.54, 1.807) is 18.3 Å². The molecule has 2 amide bonds. The Kier molecular flexibility index (Phi) is 6.55. The number of nitrogen functional groups attached to an aromatic ring is 2. The lowest BCUT2D eigenvalue weighted by Crippen LogP contribution is -2.36. The highest BCUT2D eigenvalue weighted by Gasteiger charge is 2.30. The molecule has 182 valence electrons. The van der Waals surface area contributed by atoms with E-state index in [1.165, 1.54) is 6.07 Å². The lowest BCUT2D eigenvalue weighted by atomic mass is 9.99. The summed E-state index contributed by atoms with van der Waals surface area (Å²) in [5.41, 5.74) is 15.8. The van der Waals surface area contributed by atoms with Crippen LogP contribution < -0.4 is 11.5 Å². The molecule has 2 aliphatic rings. The van der Waals surface area contributed by atoms with Crippen LogP contribution in [0.1, 0.15) is 18.4 Å². The number of pyridine rings is 1. The molecule has 4 N–H and O–H groups in total. The van der Waals surface area contributed by atoms with Crippen molar-refractivity contribution >= 4 is 17.5 Å². The molecule has 35 heavy (non-hydrogen) atoms. The fraction of sp³-hybridized carbons (Fsp3) is 0.333. The summed E-state index contributed by atoms with van der Waals surface area (Å²) in [6, 6.07) is 14.5. The third-order valence-corrected chi connectivity index (χ3v) is 6.86. The number of hydrogen-bond donors (Lipinski definition) is 2. The average molecular weight is 476 g/mol. The van der Waals surface area contributed by atoms with Gasteiger partial charge in [-0.2, -0.15) is 0 Å². The molecule has 0 spiro atoms. The minimum absolute atomic E-state index is 0.110. The van der Waals surface area contributed by atoms with Crippen LogP contribution in [-0.2, 0) is 11.3 Å². The first kappa shape index (κ1) is 23.1. The van der Waals surface area contributed by atoms with E-state index in [9.17, 15) is 9.18 Å². The monoisotopic (exact) mass is 475 g/mol. The molecule has 0 bridgehead atoms. The van der Waals surface area contributed by atoms with E-state index in [2.05, 4.69) is 4.98 Å². The highest BCUT2D eigenvalue weighted by Crippen LogP contribution is 2.32. The Labute approximate surface area is 204 Å². The SMILES string of the molecule is Nc1ccc(-c2cc(-c3ccc(CN4CCN(CC5CCOCC5)C4=O)cc3)cnc2N)c(F)c1. The Balaban J connectivity index is 1.27. The second-order valence-corrected chi connectivity index (χ2v) is 9.30. The summed E-state index contributed by atoms with van der Waals surface area (Å²) in [4.78, 5) is 21.0. The summed E-state index contributed by atoms with van der Waals surface area (Å²) < 4.78 is 19.9. The van der Waals surface area contributed by atoms with Gasteiger partial charge in [0.2, 0.25) is 0 Å². The second kappa shape index (κ2) is 9.92. The smallest absolute Gasteiger partial charge is 0.320 e. The topological polar surface area (TPSA) is 97.7 Å². The molecule has 7 nitrogen and oxygen atoms in total. The summed E-state index contributed by atoms with van der Waals surface area (Å²) in [5, 5.41) is 0. The first-order valence-corrected chi connectivity index (χ1v) is 12.0. The number of aromatic nitrogens is 1. The minimum Gasteiger partial charge on any atom is -0.399 e. The highest BCUT2D eigenvalue weighted by molar-refractivity contribution is 5.80. The van der Waals surface area contributed by atoms with Gasteiger partial charge in [0.1, 0.15) is 11.6 Å². The molecule has 5 rings (SSSR count). The summed E-state index contributed by atoms with van der Waals surface area (Å²) in [5.74, 6) is 0.353. The van der Waals surface area contributed by atoms with Gasteiger partial charge in [0.05, 0.1) is 0 Å². The van der Waals surface area contributed by atoms with Crippen molar-refractivity contribution in [2.45, 2.75) is 19.4 Å². The second-order valence-electron chi connectivity index (χ2n) is 9.30. The molecule has 3 heterocycles. The molecule has 0 radical (unpaired) electrons. The molecular formula is C27H30FN5O2. The number of nitrogens with zero attached hydrogens (tertiary/aromatic N) is 3. The summed E-state index contributed by atoms with van der Waals surface area (Å²) in [7, 11) is 0. The van der Waals surface area contributed by atoms with Gasteiger partial charge in [-0.05, 0) is 54.2 Å². The maximum atomic E-state index is 14.5. The van der Waals surface area contributed by atoms with Gasteiger partial charge in [-0.1, -0.05) is 24.3 Å².